The average Bonchev–Trinajstić information content (AvgIpc) is 2.67. The summed E-state index contributed by atoms with van der Waals surface area (Å²) in [5.74, 6) is 1.10. The van der Waals surface area contributed by atoms with Crippen LogP contribution in [0.2, 0.25) is 0 Å². The number of benzene rings is 2. The lowest BCUT2D eigenvalue weighted by molar-refractivity contribution is -0.0212. The van der Waals surface area contributed by atoms with Crippen LogP contribution in [0.5, 0.6) is 5.75 Å². The highest BCUT2D eigenvalue weighted by Crippen LogP contribution is 2.22. The first-order valence-corrected chi connectivity index (χ1v) is 9.26. The fraction of sp³-hybridized carbons (Fsp3) is 0.381. The first kappa shape index (κ1) is 19.2. The van der Waals surface area contributed by atoms with Crippen molar-refractivity contribution in [1.29, 1.82) is 0 Å². The molecule has 2 aromatic rings. The molecule has 1 aliphatic rings. The van der Waals surface area contributed by atoms with Crippen LogP contribution in [0.3, 0.4) is 0 Å². The van der Waals surface area contributed by atoms with Gasteiger partial charge in [-0.05, 0) is 30.2 Å². The largest absolute Gasteiger partial charge is 0.495 e. The maximum absolute atomic E-state index is 6.04. The van der Waals surface area contributed by atoms with Crippen LogP contribution in [-0.4, -0.2) is 43.8 Å². The van der Waals surface area contributed by atoms with Gasteiger partial charge in [0.1, 0.15) is 5.75 Å². The average molecular weight is 368 g/mol. The van der Waals surface area contributed by atoms with Crippen molar-refractivity contribution in [2.75, 3.05) is 32.1 Å². The van der Waals surface area contributed by atoms with Gasteiger partial charge in [-0.1, -0.05) is 36.4 Å². The summed E-state index contributed by atoms with van der Waals surface area (Å²) in [6, 6.07) is 16.1. The molecule has 0 bridgehead atoms. The molecule has 3 N–H and O–H groups in total. The molecule has 0 aromatic heterocycles. The number of anilines is 1. The van der Waals surface area contributed by atoms with E-state index in [9.17, 15) is 0 Å². The normalized spacial score (nSPS) is 18.3. The summed E-state index contributed by atoms with van der Waals surface area (Å²) in [6.45, 7) is 6.33. The summed E-state index contributed by atoms with van der Waals surface area (Å²) in [6.07, 6.45) is 0.299. The van der Waals surface area contributed by atoms with Crippen LogP contribution in [0.15, 0.2) is 53.5 Å². The third-order valence-electron chi connectivity index (χ3n) is 4.52. The summed E-state index contributed by atoms with van der Waals surface area (Å²) >= 11 is 0. The second-order valence-corrected chi connectivity index (χ2v) is 6.76. The van der Waals surface area contributed by atoms with Crippen molar-refractivity contribution >= 4 is 11.6 Å². The molecule has 0 saturated carbocycles. The Morgan fingerprint density at radius 1 is 1.26 bits per heavy atom. The summed E-state index contributed by atoms with van der Waals surface area (Å²) in [5.41, 5.74) is 9.27. The highest BCUT2D eigenvalue weighted by molar-refractivity contribution is 5.93. The molecule has 1 aliphatic heterocycles. The summed E-state index contributed by atoms with van der Waals surface area (Å²) in [4.78, 5) is 6.88. The van der Waals surface area contributed by atoms with E-state index >= 15 is 0 Å². The van der Waals surface area contributed by atoms with Gasteiger partial charge >= 0.3 is 0 Å². The Kier molecular flexibility index (Phi) is 6.68. The van der Waals surface area contributed by atoms with E-state index in [0.29, 0.717) is 18.6 Å². The van der Waals surface area contributed by atoms with Crippen molar-refractivity contribution in [3.05, 3.63) is 59.7 Å². The maximum atomic E-state index is 6.04. The summed E-state index contributed by atoms with van der Waals surface area (Å²) in [7, 11) is 1.63. The Morgan fingerprint density at radius 3 is 2.89 bits per heavy atom. The second kappa shape index (κ2) is 9.39. The van der Waals surface area contributed by atoms with Gasteiger partial charge in [-0.3, -0.25) is 4.90 Å². The van der Waals surface area contributed by atoms with Crippen molar-refractivity contribution in [3.63, 3.8) is 0 Å². The molecule has 2 aromatic carbocycles. The lowest BCUT2D eigenvalue weighted by Gasteiger charge is -2.31. The number of aliphatic imine (C=N–C) groups is 1. The van der Waals surface area contributed by atoms with Crippen LogP contribution in [0.4, 0.5) is 5.69 Å². The molecule has 1 heterocycles. The minimum absolute atomic E-state index is 0.299. The van der Waals surface area contributed by atoms with Gasteiger partial charge in [-0.15, -0.1) is 0 Å². The van der Waals surface area contributed by atoms with E-state index in [1.807, 2.05) is 24.3 Å². The van der Waals surface area contributed by atoms with E-state index in [0.717, 1.165) is 43.2 Å². The lowest BCUT2D eigenvalue weighted by atomic mass is 10.1. The lowest BCUT2D eigenvalue weighted by Crippen LogP contribution is -2.40. The van der Waals surface area contributed by atoms with Crippen molar-refractivity contribution in [3.8, 4) is 5.75 Å². The Labute approximate surface area is 161 Å². The highest BCUT2D eigenvalue weighted by atomic mass is 16.5. The molecule has 6 nitrogen and oxygen atoms in total. The molecule has 27 heavy (non-hydrogen) atoms. The van der Waals surface area contributed by atoms with Crippen molar-refractivity contribution < 1.29 is 9.47 Å². The molecular formula is C21H28N4O2. The van der Waals surface area contributed by atoms with Gasteiger partial charge in [0.05, 0.1) is 32.1 Å². The fourth-order valence-corrected chi connectivity index (χ4v) is 3.22. The van der Waals surface area contributed by atoms with Gasteiger partial charge in [0.25, 0.3) is 0 Å². The monoisotopic (exact) mass is 368 g/mol. The third-order valence-corrected chi connectivity index (χ3v) is 4.52. The summed E-state index contributed by atoms with van der Waals surface area (Å²) in [5, 5.41) is 3.10. The van der Waals surface area contributed by atoms with Crippen molar-refractivity contribution in [2.24, 2.45) is 10.7 Å². The van der Waals surface area contributed by atoms with E-state index < -0.39 is 0 Å². The first-order chi connectivity index (χ1) is 13.1. The van der Waals surface area contributed by atoms with Crippen molar-refractivity contribution in [2.45, 2.75) is 26.1 Å². The van der Waals surface area contributed by atoms with Crippen molar-refractivity contribution in [1.82, 2.24) is 4.90 Å². The Bertz CT molecular complexity index is 778. The smallest absolute Gasteiger partial charge is 0.193 e. The molecule has 1 unspecified atom stereocenters. The number of nitrogens with two attached hydrogens (primary N) is 1. The summed E-state index contributed by atoms with van der Waals surface area (Å²) < 4.78 is 10.9. The number of morpholine rings is 1. The minimum Gasteiger partial charge on any atom is -0.495 e. The third kappa shape index (κ3) is 5.70. The molecule has 144 valence electrons. The van der Waals surface area contributed by atoms with Gasteiger partial charge in [-0.25, -0.2) is 4.99 Å². The molecule has 0 aliphatic carbocycles. The topological polar surface area (TPSA) is 72.1 Å². The quantitative estimate of drug-likeness (QED) is 0.606. The van der Waals surface area contributed by atoms with Crippen LogP contribution in [0, 0.1) is 0 Å². The Hall–Kier alpha value is -2.57. The van der Waals surface area contributed by atoms with E-state index in [1.165, 1.54) is 5.56 Å². The zero-order valence-corrected chi connectivity index (χ0v) is 16.0. The number of hydrogen-bond acceptors (Lipinski definition) is 4. The van der Waals surface area contributed by atoms with E-state index in [4.69, 9.17) is 15.2 Å². The second-order valence-electron chi connectivity index (χ2n) is 6.76. The van der Waals surface area contributed by atoms with Crippen LogP contribution in [-0.2, 0) is 17.8 Å². The Balaban J connectivity index is 1.59. The SMILES string of the molecule is COc1ccccc1NC(N)=NCc1cccc(CN2CCOC(C)C2)c1. The van der Waals surface area contributed by atoms with Crippen LogP contribution >= 0.6 is 0 Å². The highest BCUT2D eigenvalue weighted by Gasteiger charge is 2.16. The standard InChI is InChI=1S/C21H28N4O2/c1-16-14-25(10-11-27-16)15-18-7-5-6-17(12-18)13-23-21(22)24-19-8-3-4-9-20(19)26-2/h3-9,12,16H,10-11,13-15H2,1-2H3,(H3,22,23,24). The number of hydrogen-bond donors (Lipinski definition) is 2. The number of para-hydroxylation sites is 2. The van der Waals surface area contributed by atoms with Crippen LogP contribution in [0.25, 0.3) is 0 Å². The van der Waals surface area contributed by atoms with E-state index in [1.54, 1.807) is 7.11 Å². The molecule has 3 rings (SSSR count). The number of nitrogens with one attached hydrogen (secondary N) is 1. The van der Waals surface area contributed by atoms with Gasteiger partial charge < -0.3 is 20.5 Å². The minimum atomic E-state index is 0.299. The zero-order chi connectivity index (χ0) is 19.1. The van der Waals surface area contributed by atoms with Gasteiger partial charge in [0, 0.05) is 19.6 Å². The van der Waals surface area contributed by atoms with Gasteiger partial charge in [0.15, 0.2) is 5.96 Å². The van der Waals surface area contributed by atoms with E-state index in [-0.39, 0.29) is 0 Å². The van der Waals surface area contributed by atoms with Crippen LogP contribution < -0.4 is 15.8 Å². The molecule has 1 atom stereocenters. The number of rotatable bonds is 6. The molecule has 0 spiro atoms. The maximum Gasteiger partial charge on any atom is 0.193 e. The van der Waals surface area contributed by atoms with Gasteiger partial charge in [0.2, 0.25) is 0 Å². The fourth-order valence-electron chi connectivity index (χ4n) is 3.22. The van der Waals surface area contributed by atoms with E-state index in [2.05, 4.69) is 46.4 Å². The van der Waals surface area contributed by atoms with Crippen LogP contribution in [0.1, 0.15) is 18.1 Å². The first-order valence-electron chi connectivity index (χ1n) is 9.26. The Morgan fingerprint density at radius 2 is 2.07 bits per heavy atom. The predicted octanol–water partition coefficient (Wildman–Crippen LogP) is 2.84. The number of ether oxygens (including phenoxy) is 2. The molecule has 1 saturated heterocycles. The molecule has 0 radical (unpaired) electrons. The molecule has 1 fully saturated rings. The molecule has 0 amide bonds. The van der Waals surface area contributed by atoms with Gasteiger partial charge in [-0.2, -0.15) is 0 Å². The number of methoxy groups -OCH3 is 1. The predicted molar refractivity (Wildman–Crippen MR) is 109 cm³/mol. The number of nitrogens with zero attached hydrogens (tertiary/aromatic N) is 2. The zero-order valence-electron chi connectivity index (χ0n) is 16.0. The number of guanidine groups is 1. The molecule has 6 heteroatoms. The molecular weight excluding hydrogens is 340 g/mol.